The van der Waals surface area contributed by atoms with Crippen LogP contribution >= 0.6 is 0 Å². The van der Waals surface area contributed by atoms with Gasteiger partial charge in [0.25, 0.3) is 0 Å². The summed E-state index contributed by atoms with van der Waals surface area (Å²) in [5.41, 5.74) is 3.00. The Morgan fingerprint density at radius 1 is 1.06 bits per heavy atom. The molecule has 0 fully saturated rings. The number of carbonyl (C=O) groups excluding carboxylic acids is 2. The Balaban J connectivity index is 1.62. The lowest BCUT2D eigenvalue weighted by atomic mass is 9.95. The molecule has 1 unspecified atom stereocenters. The van der Waals surface area contributed by atoms with Gasteiger partial charge in [0.15, 0.2) is 0 Å². The van der Waals surface area contributed by atoms with E-state index in [9.17, 15) is 9.59 Å². The molecule has 1 aliphatic rings. The zero-order valence-corrected chi connectivity index (χ0v) is 18.3. The third-order valence-electron chi connectivity index (χ3n) is 4.97. The predicted octanol–water partition coefficient (Wildman–Crippen LogP) is 4.53. The molecule has 2 aromatic carbocycles. The van der Waals surface area contributed by atoms with Crippen molar-refractivity contribution in [1.29, 1.82) is 0 Å². The van der Waals surface area contributed by atoms with Gasteiger partial charge in [0.05, 0.1) is 24.8 Å². The molecular formula is C25H30N2O4. The molecule has 0 aromatic heterocycles. The molecule has 1 atom stereocenters. The Morgan fingerprint density at radius 2 is 1.77 bits per heavy atom. The molecule has 1 heterocycles. The lowest BCUT2D eigenvalue weighted by molar-refractivity contribution is -0.140. The normalized spacial score (nSPS) is 16.0. The van der Waals surface area contributed by atoms with Gasteiger partial charge in [0, 0.05) is 5.70 Å². The first-order valence-corrected chi connectivity index (χ1v) is 10.7. The molecule has 0 saturated heterocycles. The van der Waals surface area contributed by atoms with Crippen molar-refractivity contribution in [3.63, 3.8) is 0 Å². The largest absolute Gasteiger partial charge is 0.494 e. The standard InChI is InChI=1S/C25H30N2O4/c1-17(2)16-31-24(28)22-18(3)26-25(29)27-23(22)20-11-13-21(14-12-20)30-15-7-10-19-8-5-4-6-9-19/h4-6,8-9,11-14,17,23H,7,10,15-16H2,1-3H3,(H2,26,27,29). The molecule has 6 nitrogen and oxygen atoms in total. The number of benzene rings is 2. The molecule has 3 rings (SSSR count). The second-order valence-corrected chi connectivity index (χ2v) is 8.07. The Bertz CT molecular complexity index is 920. The van der Waals surface area contributed by atoms with Crippen LogP contribution in [0.5, 0.6) is 5.75 Å². The van der Waals surface area contributed by atoms with E-state index in [1.807, 2.05) is 56.3 Å². The maximum Gasteiger partial charge on any atom is 0.338 e. The van der Waals surface area contributed by atoms with Crippen molar-refractivity contribution in [3.8, 4) is 5.75 Å². The van der Waals surface area contributed by atoms with Gasteiger partial charge < -0.3 is 20.1 Å². The van der Waals surface area contributed by atoms with Crippen molar-refractivity contribution in [2.45, 2.75) is 39.7 Å². The van der Waals surface area contributed by atoms with Crippen LogP contribution in [0.1, 0.15) is 44.4 Å². The molecule has 2 amide bonds. The number of ether oxygens (including phenoxy) is 2. The average molecular weight is 423 g/mol. The van der Waals surface area contributed by atoms with Crippen molar-refractivity contribution in [2.24, 2.45) is 5.92 Å². The number of nitrogens with one attached hydrogen (secondary N) is 2. The lowest BCUT2D eigenvalue weighted by Crippen LogP contribution is -2.45. The number of rotatable bonds is 9. The quantitative estimate of drug-likeness (QED) is 0.460. The van der Waals surface area contributed by atoms with Crippen LogP contribution in [0, 0.1) is 5.92 Å². The number of esters is 1. The third kappa shape index (κ3) is 6.35. The van der Waals surface area contributed by atoms with Crippen molar-refractivity contribution in [2.75, 3.05) is 13.2 Å². The van der Waals surface area contributed by atoms with Crippen LogP contribution < -0.4 is 15.4 Å². The summed E-state index contributed by atoms with van der Waals surface area (Å²) in [6.45, 7) is 6.61. The van der Waals surface area contributed by atoms with Crippen molar-refractivity contribution >= 4 is 12.0 Å². The molecule has 2 aromatic rings. The van der Waals surface area contributed by atoms with E-state index in [0.717, 1.165) is 24.2 Å². The summed E-state index contributed by atoms with van der Waals surface area (Å²) in [6.07, 6.45) is 1.88. The Labute approximate surface area is 183 Å². The first-order valence-electron chi connectivity index (χ1n) is 10.7. The number of allylic oxidation sites excluding steroid dienone is 1. The van der Waals surface area contributed by atoms with Crippen LogP contribution in [0.25, 0.3) is 0 Å². The van der Waals surface area contributed by atoms with E-state index in [0.29, 0.717) is 24.5 Å². The molecule has 0 radical (unpaired) electrons. The van der Waals surface area contributed by atoms with Crippen molar-refractivity contribution in [1.82, 2.24) is 10.6 Å². The zero-order valence-electron chi connectivity index (χ0n) is 18.3. The summed E-state index contributed by atoms with van der Waals surface area (Å²) in [4.78, 5) is 24.7. The number of amides is 2. The minimum Gasteiger partial charge on any atom is -0.494 e. The van der Waals surface area contributed by atoms with Crippen molar-refractivity contribution in [3.05, 3.63) is 77.0 Å². The minimum atomic E-state index is -0.569. The zero-order chi connectivity index (χ0) is 22.2. The van der Waals surface area contributed by atoms with Gasteiger partial charge in [0.2, 0.25) is 0 Å². The maximum atomic E-state index is 12.7. The first-order chi connectivity index (χ1) is 14.9. The molecule has 0 saturated carbocycles. The van der Waals surface area contributed by atoms with E-state index < -0.39 is 12.0 Å². The van der Waals surface area contributed by atoms with Gasteiger partial charge in [0.1, 0.15) is 5.75 Å². The fourth-order valence-corrected chi connectivity index (χ4v) is 3.40. The fraction of sp³-hybridized carbons (Fsp3) is 0.360. The Hall–Kier alpha value is -3.28. The summed E-state index contributed by atoms with van der Waals surface area (Å²) in [6, 6.07) is 16.9. The number of aryl methyl sites for hydroxylation is 1. The Kier molecular flexibility index (Phi) is 7.70. The first kappa shape index (κ1) is 22.4. The lowest BCUT2D eigenvalue weighted by Gasteiger charge is -2.28. The molecule has 2 N–H and O–H groups in total. The Morgan fingerprint density at radius 3 is 2.45 bits per heavy atom. The van der Waals surface area contributed by atoms with Crippen LogP contribution in [0.3, 0.4) is 0 Å². The fourth-order valence-electron chi connectivity index (χ4n) is 3.40. The van der Waals surface area contributed by atoms with Gasteiger partial charge in [-0.3, -0.25) is 0 Å². The highest BCUT2D eigenvalue weighted by Gasteiger charge is 2.32. The van der Waals surface area contributed by atoms with Gasteiger partial charge in [-0.25, -0.2) is 9.59 Å². The monoisotopic (exact) mass is 422 g/mol. The highest BCUT2D eigenvalue weighted by atomic mass is 16.5. The van der Waals surface area contributed by atoms with Crippen LogP contribution in [0.4, 0.5) is 4.79 Å². The van der Waals surface area contributed by atoms with Crippen LogP contribution in [0.15, 0.2) is 65.9 Å². The van der Waals surface area contributed by atoms with E-state index in [1.165, 1.54) is 5.56 Å². The van der Waals surface area contributed by atoms with Crippen LogP contribution in [-0.2, 0) is 16.0 Å². The summed E-state index contributed by atoms with van der Waals surface area (Å²) >= 11 is 0. The summed E-state index contributed by atoms with van der Waals surface area (Å²) < 4.78 is 11.3. The number of urea groups is 1. The minimum absolute atomic E-state index is 0.229. The number of hydrogen-bond acceptors (Lipinski definition) is 4. The van der Waals surface area contributed by atoms with Crippen LogP contribution in [0.2, 0.25) is 0 Å². The third-order valence-corrected chi connectivity index (χ3v) is 4.97. The smallest absolute Gasteiger partial charge is 0.338 e. The predicted molar refractivity (Wildman–Crippen MR) is 120 cm³/mol. The van der Waals surface area contributed by atoms with Gasteiger partial charge in [-0.2, -0.15) is 0 Å². The van der Waals surface area contributed by atoms with Gasteiger partial charge in [-0.05, 0) is 48.9 Å². The molecule has 1 aliphatic heterocycles. The van der Waals surface area contributed by atoms with E-state index in [4.69, 9.17) is 9.47 Å². The topological polar surface area (TPSA) is 76.7 Å². The molecular weight excluding hydrogens is 392 g/mol. The summed E-state index contributed by atoms with van der Waals surface area (Å²) in [7, 11) is 0. The second kappa shape index (κ2) is 10.7. The van der Waals surface area contributed by atoms with E-state index in [1.54, 1.807) is 6.92 Å². The highest BCUT2D eigenvalue weighted by Crippen LogP contribution is 2.29. The van der Waals surface area contributed by atoms with Gasteiger partial charge in [-0.15, -0.1) is 0 Å². The second-order valence-electron chi connectivity index (χ2n) is 8.07. The van der Waals surface area contributed by atoms with Crippen molar-refractivity contribution < 1.29 is 19.1 Å². The van der Waals surface area contributed by atoms with E-state index in [2.05, 4.69) is 22.8 Å². The van der Waals surface area contributed by atoms with E-state index in [-0.39, 0.29) is 11.9 Å². The SMILES string of the molecule is CC1=C(C(=O)OCC(C)C)C(c2ccc(OCCCc3ccccc3)cc2)NC(=O)N1. The van der Waals surface area contributed by atoms with Gasteiger partial charge >= 0.3 is 12.0 Å². The number of hydrogen-bond donors (Lipinski definition) is 2. The number of carbonyl (C=O) groups is 2. The summed E-state index contributed by atoms with van der Waals surface area (Å²) in [5.74, 6) is 0.555. The molecule has 0 spiro atoms. The molecule has 0 bridgehead atoms. The molecule has 0 aliphatic carbocycles. The highest BCUT2D eigenvalue weighted by molar-refractivity contribution is 5.95. The summed E-state index contributed by atoms with van der Waals surface area (Å²) in [5, 5.41) is 5.48. The molecule has 31 heavy (non-hydrogen) atoms. The molecule has 164 valence electrons. The van der Waals surface area contributed by atoms with E-state index >= 15 is 0 Å². The maximum absolute atomic E-state index is 12.7. The van der Waals surface area contributed by atoms with Crippen LogP contribution in [-0.4, -0.2) is 25.2 Å². The average Bonchev–Trinajstić information content (AvgIpc) is 2.75. The van der Waals surface area contributed by atoms with Gasteiger partial charge in [-0.1, -0.05) is 56.3 Å². The molecule has 6 heteroatoms.